The Morgan fingerprint density at radius 2 is 2.80 bits per heavy atom. The molecule has 0 spiro atoms. The first-order valence-electron chi connectivity index (χ1n) is 1.69. The Morgan fingerprint density at radius 1 is 1.80 bits per heavy atom. The number of hydrogen-bond acceptors (Lipinski definition) is 1. The van der Waals surface area contributed by atoms with Gasteiger partial charge in [-0.25, -0.2) is 0 Å². The third kappa shape index (κ3) is 0.579. The Morgan fingerprint density at radius 3 is 3.00 bits per heavy atom. The van der Waals surface area contributed by atoms with E-state index in [2.05, 4.69) is 5.67 Å². The van der Waals surface area contributed by atoms with Gasteiger partial charge in [0.25, 0.3) is 9.38 Å². The molecule has 27 valence electrons. The maximum Gasteiger partial charge on any atom is 0.277 e. The standard InChI is InChI=1S/C3H5OSi/c1-2-4-5-3-1/h3H,1-2H2. The predicted molar refractivity (Wildman–Crippen MR) is 22.4 cm³/mol. The van der Waals surface area contributed by atoms with E-state index in [1.165, 1.54) is 6.42 Å². The molecule has 0 bridgehead atoms. The van der Waals surface area contributed by atoms with Crippen molar-refractivity contribution in [3.8, 4) is 0 Å². The quantitative estimate of drug-likeness (QED) is 0.371. The fourth-order valence-electron chi connectivity index (χ4n) is 0.295. The molecule has 0 N–H and O–H groups in total. The van der Waals surface area contributed by atoms with Gasteiger partial charge in [-0.1, -0.05) is 5.67 Å². The van der Waals surface area contributed by atoms with Gasteiger partial charge in [0.1, 0.15) is 0 Å². The molecule has 0 saturated heterocycles. The van der Waals surface area contributed by atoms with Crippen LogP contribution >= 0.6 is 0 Å². The van der Waals surface area contributed by atoms with Crippen molar-refractivity contribution in [1.82, 2.24) is 0 Å². The van der Waals surface area contributed by atoms with Crippen molar-refractivity contribution in [2.45, 2.75) is 6.42 Å². The van der Waals surface area contributed by atoms with Gasteiger partial charge in [-0.05, 0) is 6.42 Å². The minimum Gasteiger partial charge on any atom is -0.548 e. The zero-order chi connectivity index (χ0) is 3.54. The van der Waals surface area contributed by atoms with E-state index in [1.54, 1.807) is 0 Å². The van der Waals surface area contributed by atoms with Crippen LogP contribution in [-0.4, -0.2) is 21.7 Å². The van der Waals surface area contributed by atoms with Crippen LogP contribution in [0.2, 0.25) is 0 Å². The van der Waals surface area contributed by atoms with E-state index in [0.29, 0.717) is 9.38 Å². The minimum atomic E-state index is 0.684. The Bertz CT molecular complexity index is 44.9. The summed E-state index contributed by atoms with van der Waals surface area (Å²) in [5.41, 5.74) is 2.17. The highest BCUT2D eigenvalue weighted by Crippen LogP contribution is 1.78. The second kappa shape index (κ2) is 1.36. The van der Waals surface area contributed by atoms with Crippen LogP contribution in [0.3, 0.4) is 0 Å². The zero-order valence-electron chi connectivity index (χ0n) is 2.90. The lowest BCUT2D eigenvalue weighted by Gasteiger charge is -1.80. The minimum absolute atomic E-state index is 0.684. The Balaban J connectivity index is 2.32. The van der Waals surface area contributed by atoms with E-state index in [4.69, 9.17) is 4.43 Å². The van der Waals surface area contributed by atoms with Gasteiger partial charge in [-0.15, -0.1) is 0 Å². The molecule has 0 aromatic heterocycles. The van der Waals surface area contributed by atoms with Crippen LogP contribution in [-0.2, 0) is 4.43 Å². The summed E-state index contributed by atoms with van der Waals surface area (Å²) >= 11 is 0. The van der Waals surface area contributed by atoms with Crippen LogP contribution < -0.4 is 0 Å². The first-order valence-corrected chi connectivity index (χ1v) is 2.68. The van der Waals surface area contributed by atoms with E-state index in [1.807, 2.05) is 0 Å². The lowest BCUT2D eigenvalue weighted by atomic mass is 10.5. The molecule has 1 nitrogen and oxygen atoms in total. The van der Waals surface area contributed by atoms with Gasteiger partial charge in [0.05, 0.1) is 6.61 Å². The van der Waals surface area contributed by atoms with Crippen LogP contribution in [0.25, 0.3) is 0 Å². The lowest BCUT2D eigenvalue weighted by Crippen LogP contribution is -1.76. The summed E-state index contributed by atoms with van der Waals surface area (Å²) in [6, 6.07) is 0. The van der Waals surface area contributed by atoms with Crippen molar-refractivity contribution in [1.29, 1.82) is 0 Å². The lowest BCUT2D eigenvalue weighted by molar-refractivity contribution is 0.373. The van der Waals surface area contributed by atoms with Crippen LogP contribution in [0, 0.1) is 0 Å². The molecule has 0 unspecified atom stereocenters. The van der Waals surface area contributed by atoms with Crippen LogP contribution in [0.15, 0.2) is 0 Å². The molecular weight excluding hydrogens is 80.1 g/mol. The molecular formula is C3H5OSi. The molecule has 0 saturated carbocycles. The summed E-state index contributed by atoms with van der Waals surface area (Å²) in [5, 5.41) is 0. The third-order valence-corrected chi connectivity index (χ3v) is 1.36. The van der Waals surface area contributed by atoms with Gasteiger partial charge in [0.15, 0.2) is 0 Å². The molecule has 0 fully saturated rings. The maximum atomic E-state index is 4.92. The molecule has 0 atom stereocenters. The normalized spacial score (nSPS) is 19.2. The van der Waals surface area contributed by atoms with Crippen molar-refractivity contribution in [2.24, 2.45) is 0 Å². The van der Waals surface area contributed by atoms with Crippen LogP contribution in [0.5, 0.6) is 0 Å². The molecule has 0 aliphatic carbocycles. The SMILES string of the molecule is C1=[Si]OCC1. The summed E-state index contributed by atoms with van der Waals surface area (Å²) in [4.78, 5) is 0. The number of hydrogen-bond donors (Lipinski definition) is 0. The molecule has 1 rings (SSSR count). The molecule has 1 aliphatic rings. The molecule has 5 heavy (non-hydrogen) atoms. The molecule has 0 amide bonds. The molecule has 1 radical (unpaired) electrons. The largest absolute Gasteiger partial charge is 0.548 e. The first-order chi connectivity index (χ1) is 2.50. The van der Waals surface area contributed by atoms with Crippen molar-refractivity contribution >= 4 is 15.0 Å². The summed E-state index contributed by atoms with van der Waals surface area (Å²) in [6.07, 6.45) is 1.17. The third-order valence-electron chi connectivity index (χ3n) is 0.531. The highest BCUT2D eigenvalue weighted by atomic mass is 28.2. The number of rotatable bonds is 0. The van der Waals surface area contributed by atoms with E-state index in [9.17, 15) is 0 Å². The Hall–Kier alpha value is -0.113. The highest BCUT2D eigenvalue weighted by molar-refractivity contribution is 6.41. The smallest absolute Gasteiger partial charge is 0.277 e. The molecule has 1 heterocycles. The summed E-state index contributed by atoms with van der Waals surface area (Å²) in [6.45, 7) is 0.957. The molecule has 0 aromatic carbocycles. The van der Waals surface area contributed by atoms with Gasteiger partial charge >= 0.3 is 0 Å². The fourth-order valence-corrected chi connectivity index (χ4v) is 0.884. The second-order valence-corrected chi connectivity index (χ2v) is 1.89. The van der Waals surface area contributed by atoms with Crippen LogP contribution in [0.4, 0.5) is 0 Å². The highest BCUT2D eigenvalue weighted by Gasteiger charge is 1.85. The van der Waals surface area contributed by atoms with Gasteiger partial charge < -0.3 is 4.43 Å². The fraction of sp³-hybridized carbons (Fsp3) is 0.667. The second-order valence-electron chi connectivity index (χ2n) is 0.959. The van der Waals surface area contributed by atoms with E-state index >= 15 is 0 Å². The molecule has 0 aromatic rings. The monoisotopic (exact) mass is 85.0 g/mol. The predicted octanol–water partition coefficient (Wildman–Crippen LogP) is -0.172. The van der Waals surface area contributed by atoms with E-state index < -0.39 is 0 Å². The summed E-state index contributed by atoms with van der Waals surface area (Å²) in [7, 11) is 0.684. The van der Waals surface area contributed by atoms with Gasteiger partial charge in [0.2, 0.25) is 0 Å². The van der Waals surface area contributed by atoms with Crippen molar-refractivity contribution in [3.05, 3.63) is 0 Å². The van der Waals surface area contributed by atoms with Crippen LogP contribution in [0.1, 0.15) is 6.42 Å². The Labute approximate surface area is 33.5 Å². The summed E-state index contributed by atoms with van der Waals surface area (Å²) in [5.74, 6) is 0. The topological polar surface area (TPSA) is 9.23 Å². The van der Waals surface area contributed by atoms with Gasteiger partial charge in [-0.3, -0.25) is 0 Å². The zero-order valence-corrected chi connectivity index (χ0v) is 3.90. The average Bonchev–Trinajstić information content (AvgIpc) is 1.76. The van der Waals surface area contributed by atoms with Crippen molar-refractivity contribution < 1.29 is 4.43 Å². The van der Waals surface area contributed by atoms with Gasteiger partial charge in [0, 0.05) is 0 Å². The summed E-state index contributed by atoms with van der Waals surface area (Å²) < 4.78 is 4.92. The van der Waals surface area contributed by atoms with E-state index in [0.717, 1.165) is 6.61 Å². The molecule has 2 heteroatoms. The first kappa shape index (κ1) is 3.09. The van der Waals surface area contributed by atoms with E-state index in [-0.39, 0.29) is 0 Å². The Kier molecular flexibility index (Phi) is 0.839. The maximum absolute atomic E-state index is 4.92. The molecule has 1 aliphatic heterocycles. The average molecular weight is 85.2 g/mol. The van der Waals surface area contributed by atoms with Crippen molar-refractivity contribution in [2.75, 3.05) is 6.61 Å². The van der Waals surface area contributed by atoms with Gasteiger partial charge in [-0.2, -0.15) is 0 Å². The van der Waals surface area contributed by atoms with Crippen molar-refractivity contribution in [3.63, 3.8) is 0 Å².